The minimum atomic E-state index is -1.03. The third-order valence-corrected chi connectivity index (χ3v) is 3.06. The van der Waals surface area contributed by atoms with Gasteiger partial charge in [0.15, 0.2) is 6.04 Å². The monoisotopic (exact) mass is 277 g/mol. The van der Waals surface area contributed by atoms with Crippen molar-refractivity contribution in [2.24, 2.45) is 5.92 Å². The second-order valence-corrected chi connectivity index (χ2v) is 4.75. The average Bonchev–Trinajstić information content (AvgIpc) is 2.81. The molecule has 7 heteroatoms. The van der Waals surface area contributed by atoms with Crippen molar-refractivity contribution < 1.29 is 19.4 Å². The first-order valence-corrected chi connectivity index (χ1v) is 6.11. The molecule has 1 N–H and O–H groups in total. The number of ether oxygens (including phenoxy) is 1. The first kappa shape index (κ1) is 14.0. The smallest absolute Gasteiger partial charge is 0.335 e. The molecule has 1 aromatic heterocycles. The quantitative estimate of drug-likeness (QED) is 0.851. The lowest BCUT2D eigenvalue weighted by atomic mass is 10.0. The van der Waals surface area contributed by atoms with E-state index < -0.39 is 18.0 Å². The predicted octanol–water partition coefficient (Wildman–Crippen LogP) is 1.50. The summed E-state index contributed by atoms with van der Waals surface area (Å²) >= 11 is 0. The lowest BCUT2D eigenvalue weighted by molar-refractivity contribution is -0.146. The molecule has 0 amide bonds. The van der Waals surface area contributed by atoms with E-state index in [-0.39, 0.29) is 11.5 Å². The highest BCUT2D eigenvalue weighted by atomic mass is 16.5. The molecule has 0 saturated heterocycles. The normalized spacial score (nSPS) is 12.6. The number of nitrogens with zero attached hydrogens (tertiary/aromatic N) is 3. The van der Waals surface area contributed by atoms with Crippen LogP contribution in [0.4, 0.5) is 0 Å². The van der Waals surface area contributed by atoms with Gasteiger partial charge in [-0.15, -0.1) is 5.10 Å². The van der Waals surface area contributed by atoms with E-state index in [0.717, 1.165) is 0 Å². The summed E-state index contributed by atoms with van der Waals surface area (Å²) in [7, 11) is 1.32. The average molecular weight is 277 g/mol. The number of fused-ring (bicyclic) bond motifs is 1. The lowest BCUT2D eigenvalue weighted by Gasteiger charge is -2.18. The maximum absolute atomic E-state index is 11.9. The van der Waals surface area contributed by atoms with Gasteiger partial charge in [-0.1, -0.05) is 19.1 Å². The van der Waals surface area contributed by atoms with Crippen LogP contribution >= 0.6 is 0 Å². The molecule has 7 nitrogen and oxygen atoms in total. The van der Waals surface area contributed by atoms with Crippen molar-refractivity contribution in [1.29, 1.82) is 0 Å². The molecule has 0 aliphatic rings. The summed E-state index contributed by atoms with van der Waals surface area (Å²) in [6.07, 6.45) is 0. The number of benzene rings is 1. The number of carbonyl (C=O) groups is 2. The maximum Gasteiger partial charge on any atom is 0.335 e. The Labute approximate surface area is 115 Å². The van der Waals surface area contributed by atoms with Gasteiger partial charge in [0.2, 0.25) is 0 Å². The van der Waals surface area contributed by atoms with Crippen LogP contribution in [-0.4, -0.2) is 39.1 Å². The Bertz CT molecular complexity index is 663. The molecule has 2 rings (SSSR count). The molecule has 2 aromatic rings. The highest BCUT2D eigenvalue weighted by Gasteiger charge is 2.27. The Morgan fingerprint density at radius 1 is 1.35 bits per heavy atom. The van der Waals surface area contributed by atoms with E-state index in [9.17, 15) is 9.59 Å². The standard InChI is InChI=1S/C13H15N3O4/c1-7(2)11(13(19)20-3)16-10-5-4-8(12(17)18)6-9(10)14-15-16/h4-7,11H,1-3H3,(H,17,18). The largest absolute Gasteiger partial charge is 0.478 e. The number of aromatic carboxylic acids is 1. The first-order valence-electron chi connectivity index (χ1n) is 6.11. The zero-order valence-corrected chi connectivity index (χ0v) is 11.4. The van der Waals surface area contributed by atoms with Crippen LogP contribution in [0.5, 0.6) is 0 Å². The van der Waals surface area contributed by atoms with Gasteiger partial charge < -0.3 is 9.84 Å². The molecule has 0 aliphatic heterocycles. The van der Waals surface area contributed by atoms with Gasteiger partial charge >= 0.3 is 11.9 Å². The number of carboxylic acids is 1. The van der Waals surface area contributed by atoms with E-state index in [1.54, 1.807) is 6.07 Å². The highest BCUT2D eigenvalue weighted by molar-refractivity contribution is 5.92. The van der Waals surface area contributed by atoms with Crippen LogP contribution in [0.1, 0.15) is 30.2 Å². The molecule has 106 valence electrons. The zero-order chi connectivity index (χ0) is 14.9. The highest BCUT2D eigenvalue weighted by Crippen LogP contribution is 2.23. The Morgan fingerprint density at radius 2 is 2.05 bits per heavy atom. The number of hydrogen-bond donors (Lipinski definition) is 1. The number of methoxy groups -OCH3 is 1. The fourth-order valence-electron chi connectivity index (χ4n) is 2.06. The summed E-state index contributed by atoms with van der Waals surface area (Å²) < 4.78 is 6.26. The SMILES string of the molecule is COC(=O)C(C(C)C)n1nnc2cc(C(=O)O)ccc21. The van der Waals surface area contributed by atoms with Crippen LogP contribution in [0.25, 0.3) is 11.0 Å². The summed E-state index contributed by atoms with van der Waals surface area (Å²) in [5.41, 5.74) is 1.15. The molecule has 1 atom stereocenters. The Hall–Kier alpha value is -2.44. The van der Waals surface area contributed by atoms with Crippen LogP contribution in [0.15, 0.2) is 18.2 Å². The molecule has 0 saturated carbocycles. The summed E-state index contributed by atoms with van der Waals surface area (Å²) in [4.78, 5) is 22.8. The van der Waals surface area contributed by atoms with Crippen molar-refractivity contribution in [3.8, 4) is 0 Å². The summed E-state index contributed by atoms with van der Waals surface area (Å²) in [6.45, 7) is 3.75. The molecule has 1 heterocycles. The van der Waals surface area contributed by atoms with Crippen LogP contribution in [0.3, 0.4) is 0 Å². The fraction of sp³-hybridized carbons (Fsp3) is 0.385. The number of aromatic nitrogens is 3. The molecular weight excluding hydrogens is 262 g/mol. The van der Waals surface area contributed by atoms with Gasteiger partial charge in [-0.05, 0) is 24.1 Å². The third kappa shape index (κ3) is 2.34. The van der Waals surface area contributed by atoms with E-state index in [0.29, 0.717) is 11.0 Å². The van der Waals surface area contributed by atoms with Gasteiger partial charge in [-0.25, -0.2) is 14.3 Å². The Balaban J connectivity index is 2.54. The zero-order valence-electron chi connectivity index (χ0n) is 11.4. The second kappa shape index (κ2) is 5.28. The van der Waals surface area contributed by atoms with E-state index in [4.69, 9.17) is 9.84 Å². The van der Waals surface area contributed by atoms with Gasteiger partial charge in [-0.2, -0.15) is 0 Å². The van der Waals surface area contributed by atoms with Crippen molar-refractivity contribution in [2.45, 2.75) is 19.9 Å². The van der Waals surface area contributed by atoms with Gasteiger partial charge in [0.05, 0.1) is 18.2 Å². The van der Waals surface area contributed by atoms with Crippen LogP contribution in [-0.2, 0) is 9.53 Å². The number of hydrogen-bond acceptors (Lipinski definition) is 5. The van der Waals surface area contributed by atoms with Gasteiger partial charge in [0.25, 0.3) is 0 Å². The van der Waals surface area contributed by atoms with Crippen molar-refractivity contribution in [3.63, 3.8) is 0 Å². The molecular formula is C13H15N3O4. The lowest BCUT2D eigenvalue weighted by Crippen LogP contribution is -2.26. The molecule has 0 fully saturated rings. The van der Waals surface area contributed by atoms with E-state index in [1.165, 1.54) is 23.9 Å². The van der Waals surface area contributed by atoms with Gasteiger partial charge in [0, 0.05) is 0 Å². The summed E-state index contributed by atoms with van der Waals surface area (Å²) in [5.74, 6) is -1.48. The van der Waals surface area contributed by atoms with E-state index >= 15 is 0 Å². The van der Waals surface area contributed by atoms with Crippen molar-refractivity contribution >= 4 is 23.0 Å². The van der Waals surface area contributed by atoms with E-state index in [1.807, 2.05) is 13.8 Å². The molecule has 0 bridgehead atoms. The first-order chi connectivity index (χ1) is 9.45. The molecule has 20 heavy (non-hydrogen) atoms. The molecule has 1 aromatic carbocycles. The second-order valence-electron chi connectivity index (χ2n) is 4.75. The molecule has 0 spiro atoms. The molecule has 0 aliphatic carbocycles. The van der Waals surface area contributed by atoms with Crippen LogP contribution in [0, 0.1) is 5.92 Å². The van der Waals surface area contributed by atoms with Crippen molar-refractivity contribution in [1.82, 2.24) is 15.0 Å². The summed E-state index contributed by atoms with van der Waals surface area (Å²) in [6, 6.07) is 3.88. The third-order valence-electron chi connectivity index (χ3n) is 3.06. The molecule has 0 radical (unpaired) electrons. The Morgan fingerprint density at radius 3 is 2.60 bits per heavy atom. The number of carboxylic acid groups (broad SMARTS) is 1. The topological polar surface area (TPSA) is 94.3 Å². The van der Waals surface area contributed by atoms with Gasteiger partial charge in [0.1, 0.15) is 5.52 Å². The summed E-state index contributed by atoms with van der Waals surface area (Å²) in [5, 5.41) is 16.8. The van der Waals surface area contributed by atoms with Crippen molar-refractivity contribution in [3.05, 3.63) is 23.8 Å². The Kier molecular flexibility index (Phi) is 3.69. The molecule has 1 unspecified atom stereocenters. The maximum atomic E-state index is 11.9. The van der Waals surface area contributed by atoms with Gasteiger partial charge in [-0.3, -0.25) is 0 Å². The fourth-order valence-corrected chi connectivity index (χ4v) is 2.06. The number of carbonyl (C=O) groups excluding carboxylic acids is 1. The minimum Gasteiger partial charge on any atom is -0.478 e. The van der Waals surface area contributed by atoms with E-state index in [2.05, 4.69) is 10.3 Å². The number of rotatable bonds is 4. The van der Waals surface area contributed by atoms with Crippen LogP contribution in [0.2, 0.25) is 0 Å². The minimum absolute atomic E-state index is 0.0356. The predicted molar refractivity (Wildman–Crippen MR) is 70.4 cm³/mol. The van der Waals surface area contributed by atoms with Crippen molar-refractivity contribution in [2.75, 3.05) is 7.11 Å². The number of esters is 1. The van der Waals surface area contributed by atoms with Crippen LogP contribution < -0.4 is 0 Å².